The number of H-pyrrole nitrogens is 1. The fourth-order valence-electron chi connectivity index (χ4n) is 5.97. The molecule has 0 saturated carbocycles. The molecule has 8 heteroatoms. The lowest BCUT2D eigenvalue weighted by Gasteiger charge is -2.37. The minimum absolute atomic E-state index is 0.00799. The van der Waals surface area contributed by atoms with Gasteiger partial charge in [-0.05, 0) is 55.5 Å². The summed E-state index contributed by atoms with van der Waals surface area (Å²) >= 11 is 0. The molecule has 2 aromatic heterocycles. The van der Waals surface area contributed by atoms with Gasteiger partial charge in [0.25, 0.3) is 0 Å². The van der Waals surface area contributed by atoms with Crippen LogP contribution in [0.3, 0.4) is 0 Å². The van der Waals surface area contributed by atoms with Crippen LogP contribution in [0.25, 0.3) is 22.2 Å². The van der Waals surface area contributed by atoms with Gasteiger partial charge in [-0.1, -0.05) is 13.3 Å². The lowest BCUT2D eigenvalue weighted by Crippen LogP contribution is -2.49. The van der Waals surface area contributed by atoms with Crippen molar-refractivity contribution in [2.45, 2.75) is 51.7 Å². The molecule has 0 radical (unpaired) electrons. The molecule has 2 unspecified atom stereocenters. The van der Waals surface area contributed by atoms with Gasteiger partial charge in [0.2, 0.25) is 0 Å². The van der Waals surface area contributed by atoms with Crippen LogP contribution >= 0.6 is 0 Å². The number of carbonyl (C=O) groups excluding carboxylic acids is 1. The first-order valence-electron chi connectivity index (χ1n) is 12.4. The average Bonchev–Trinajstić information content (AvgIpc) is 3.47. The van der Waals surface area contributed by atoms with Gasteiger partial charge >= 0.3 is 6.03 Å². The van der Waals surface area contributed by atoms with Crippen LogP contribution in [0.5, 0.6) is 0 Å². The highest BCUT2D eigenvalue weighted by Crippen LogP contribution is 2.36. The zero-order chi connectivity index (χ0) is 23.2. The molecule has 3 aliphatic rings. The molecule has 5 heterocycles. The molecule has 178 valence electrons. The second-order valence-electron chi connectivity index (χ2n) is 9.90. The van der Waals surface area contributed by atoms with Gasteiger partial charge in [0.1, 0.15) is 5.69 Å². The van der Waals surface area contributed by atoms with E-state index in [-0.39, 0.29) is 12.1 Å². The Morgan fingerprint density at radius 1 is 1.18 bits per heavy atom. The van der Waals surface area contributed by atoms with Crippen molar-refractivity contribution < 1.29 is 9.53 Å². The number of aryl methyl sites for hydroxylation is 1. The molecule has 0 bridgehead atoms. The van der Waals surface area contributed by atoms with E-state index in [0.717, 1.165) is 84.7 Å². The third-order valence-corrected chi connectivity index (χ3v) is 7.87. The Morgan fingerprint density at radius 2 is 2.03 bits per heavy atom. The van der Waals surface area contributed by atoms with Gasteiger partial charge in [0.15, 0.2) is 0 Å². The quantitative estimate of drug-likeness (QED) is 0.610. The SMILES string of the molecule is CCC1CN(C2CCOCC2)CC1N1Cc2cc3c(-c4ccnc(C)c4)n[nH]c3cc2NC1=O. The third-order valence-electron chi connectivity index (χ3n) is 7.87. The molecule has 2 fully saturated rings. The fourth-order valence-corrected chi connectivity index (χ4v) is 5.97. The number of urea groups is 1. The molecule has 2 amide bonds. The number of aromatic amines is 1. The highest BCUT2D eigenvalue weighted by Gasteiger charge is 2.41. The Balaban J connectivity index is 1.30. The van der Waals surface area contributed by atoms with E-state index >= 15 is 0 Å². The predicted molar refractivity (Wildman–Crippen MR) is 132 cm³/mol. The van der Waals surface area contributed by atoms with Crippen LogP contribution in [0.1, 0.15) is 37.4 Å². The van der Waals surface area contributed by atoms with E-state index in [4.69, 9.17) is 4.74 Å². The van der Waals surface area contributed by atoms with Crippen LogP contribution in [-0.2, 0) is 11.3 Å². The number of likely N-dealkylation sites (tertiary alicyclic amines) is 1. The lowest BCUT2D eigenvalue weighted by molar-refractivity contribution is 0.0396. The molecule has 2 atom stereocenters. The summed E-state index contributed by atoms with van der Waals surface area (Å²) in [6.45, 7) is 8.57. The van der Waals surface area contributed by atoms with Gasteiger partial charge in [-0.15, -0.1) is 0 Å². The molecule has 0 aliphatic carbocycles. The van der Waals surface area contributed by atoms with E-state index < -0.39 is 0 Å². The fraction of sp³-hybridized carbons (Fsp3) is 0.500. The van der Waals surface area contributed by atoms with E-state index in [0.29, 0.717) is 18.5 Å². The van der Waals surface area contributed by atoms with Crippen molar-refractivity contribution in [2.75, 3.05) is 31.6 Å². The maximum atomic E-state index is 13.2. The van der Waals surface area contributed by atoms with Crippen LogP contribution < -0.4 is 5.32 Å². The maximum absolute atomic E-state index is 13.2. The molecule has 2 saturated heterocycles. The van der Waals surface area contributed by atoms with E-state index in [1.165, 1.54) is 0 Å². The Bertz CT molecular complexity index is 1220. The highest BCUT2D eigenvalue weighted by molar-refractivity contribution is 6.00. The number of amides is 2. The molecule has 2 N–H and O–H groups in total. The van der Waals surface area contributed by atoms with Crippen LogP contribution in [0, 0.1) is 12.8 Å². The van der Waals surface area contributed by atoms with Gasteiger partial charge in [-0.3, -0.25) is 15.0 Å². The molecule has 3 aromatic rings. The second kappa shape index (κ2) is 8.67. The van der Waals surface area contributed by atoms with E-state index in [2.05, 4.69) is 49.4 Å². The topological polar surface area (TPSA) is 86.4 Å². The van der Waals surface area contributed by atoms with Gasteiger partial charge < -0.3 is 15.0 Å². The first-order valence-corrected chi connectivity index (χ1v) is 12.4. The van der Waals surface area contributed by atoms with Crippen molar-refractivity contribution in [1.82, 2.24) is 25.0 Å². The number of carbonyl (C=O) groups is 1. The van der Waals surface area contributed by atoms with Crippen molar-refractivity contribution in [3.63, 3.8) is 0 Å². The highest BCUT2D eigenvalue weighted by atomic mass is 16.5. The number of fused-ring (bicyclic) bond motifs is 2. The number of hydrogen-bond donors (Lipinski definition) is 2. The zero-order valence-electron chi connectivity index (χ0n) is 19.9. The zero-order valence-corrected chi connectivity index (χ0v) is 19.9. The summed E-state index contributed by atoms with van der Waals surface area (Å²) in [6.07, 6.45) is 5.08. The molecule has 6 rings (SSSR count). The number of nitrogens with one attached hydrogen (secondary N) is 2. The average molecular weight is 461 g/mol. The summed E-state index contributed by atoms with van der Waals surface area (Å²) in [5.41, 5.74) is 5.87. The Morgan fingerprint density at radius 3 is 2.82 bits per heavy atom. The minimum atomic E-state index is 0.00799. The van der Waals surface area contributed by atoms with E-state index in [1.54, 1.807) is 0 Å². The Hall–Kier alpha value is -2.97. The molecular weight excluding hydrogens is 428 g/mol. The summed E-state index contributed by atoms with van der Waals surface area (Å²) in [5, 5.41) is 12.0. The van der Waals surface area contributed by atoms with Gasteiger partial charge in [0, 0.05) is 67.4 Å². The van der Waals surface area contributed by atoms with Crippen molar-refractivity contribution >= 4 is 22.6 Å². The summed E-state index contributed by atoms with van der Waals surface area (Å²) in [6, 6.07) is 9.06. The number of ether oxygens (including phenoxy) is 1. The summed E-state index contributed by atoms with van der Waals surface area (Å²) < 4.78 is 5.58. The number of benzene rings is 1. The lowest BCUT2D eigenvalue weighted by atomic mass is 9.97. The first-order chi connectivity index (χ1) is 16.6. The van der Waals surface area contributed by atoms with Crippen molar-refractivity contribution in [1.29, 1.82) is 0 Å². The first kappa shape index (κ1) is 21.6. The molecule has 0 spiro atoms. The summed E-state index contributed by atoms with van der Waals surface area (Å²) in [5.74, 6) is 0.489. The number of hydrogen-bond acceptors (Lipinski definition) is 5. The summed E-state index contributed by atoms with van der Waals surface area (Å²) in [4.78, 5) is 22.2. The predicted octanol–water partition coefficient (Wildman–Crippen LogP) is 4.17. The largest absolute Gasteiger partial charge is 0.381 e. The third kappa shape index (κ3) is 3.75. The van der Waals surface area contributed by atoms with E-state index in [9.17, 15) is 4.79 Å². The van der Waals surface area contributed by atoms with Crippen molar-refractivity contribution in [2.24, 2.45) is 5.92 Å². The number of aromatic nitrogens is 3. The van der Waals surface area contributed by atoms with Crippen LogP contribution in [-0.4, -0.2) is 69.4 Å². The van der Waals surface area contributed by atoms with Crippen molar-refractivity contribution in [3.8, 4) is 11.3 Å². The molecule has 1 aromatic carbocycles. The van der Waals surface area contributed by atoms with Gasteiger partial charge in [0.05, 0.1) is 11.6 Å². The van der Waals surface area contributed by atoms with Crippen LogP contribution in [0.2, 0.25) is 0 Å². The molecule has 3 aliphatic heterocycles. The standard InChI is InChI=1S/C26H32N6O2/c1-3-17-13-31(20-5-8-34-9-6-20)15-24(17)32-14-19-11-21-23(12-22(19)28-26(32)33)29-30-25(21)18-4-7-27-16(2)10-18/h4,7,10-12,17,20,24H,3,5-6,8-9,13-15H2,1-2H3,(H,28,33)(H,29,30). The normalized spacial score (nSPS) is 23.9. The number of anilines is 1. The number of pyridine rings is 1. The molecule has 8 nitrogen and oxygen atoms in total. The summed E-state index contributed by atoms with van der Waals surface area (Å²) in [7, 11) is 0. The second-order valence-corrected chi connectivity index (χ2v) is 9.90. The maximum Gasteiger partial charge on any atom is 0.322 e. The molecule has 34 heavy (non-hydrogen) atoms. The Labute approximate surface area is 199 Å². The number of nitrogens with zero attached hydrogens (tertiary/aromatic N) is 4. The smallest absolute Gasteiger partial charge is 0.322 e. The minimum Gasteiger partial charge on any atom is -0.381 e. The van der Waals surface area contributed by atoms with Gasteiger partial charge in [-0.2, -0.15) is 5.10 Å². The van der Waals surface area contributed by atoms with Crippen molar-refractivity contribution in [3.05, 3.63) is 41.7 Å². The van der Waals surface area contributed by atoms with Crippen LogP contribution in [0.15, 0.2) is 30.5 Å². The number of rotatable bonds is 4. The molecular formula is C26H32N6O2. The monoisotopic (exact) mass is 460 g/mol. The van der Waals surface area contributed by atoms with Gasteiger partial charge in [-0.25, -0.2) is 4.79 Å². The Kier molecular flexibility index (Phi) is 5.50. The van der Waals surface area contributed by atoms with Crippen LogP contribution in [0.4, 0.5) is 10.5 Å². The van der Waals surface area contributed by atoms with E-state index in [1.807, 2.05) is 25.3 Å².